The third-order valence-electron chi connectivity index (χ3n) is 9.52. The second kappa shape index (κ2) is 13.9. The highest BCUT2D eigenvalue weighted by atomic mass is 16.1. The fourth-order valence-corrected chi connectivity index (χ4v) is 6.88. The molecule has 0 aromatic heterocycles. The van der Waals surface area contributed by atoms with Crippen LogP contribution in [0, 0.1) is 16.2 Å². The molecule has 0 aromatic carbocycles. The number of amides is 1. The first-order chi connectivity index (χ1) is 19.6. The number of hydrogen-bond acceptors (Lipinski definition) is 1. The molecule has 0 saturated heterocycles. The minimum Gasteiger partial charge on any atom is -0.366 e. The lowest BCUT2D eigenvalue weighted by Gasteiger charge is -2.33. The standard InChI is InChI=1S/C40H55NO/c1-29(19-22-34-31(3)16-12-25-38(34,5)6)14-10-18-33-21-24-36(37(41)42)40(9,28-33)27-11-15-30(2)20-23-35-32(4)17-13-26-39(35,7)8/h10-11,14-15,18-24,27H,12-13,16-17,25-26,28H2,1-9H3,(H2,41,42)/b18-10+,22-19+,23-20+,27-11+,29-14+,30-15+. The van der Waals surface area contributed by atoms with Crippen LogP contribution in [0.4, 0.5) is 0 Å². The Morgan fingerprint density at radius 2 is 1.26 bits per heavy atom. The minimum absolute atomic E-state index is 0.231. The molecule has 0 saturated carbocycles. The number of carbonyl (C=O) groups excluding carboxylic acids is 1. The maximum atomic E-state index is 12.3. The van der Waals surface area contributed by atoms with Gasteiger partial charge in [-0.1, -0.05) is 130 Å². The summed E-state index contributed by atoms with van der Waals surface area (Å²) in [5, 5.41) is 0. The summed E-state index contributed by atoms with van der Waals surface area (Å²) in [4.78, 5) is 12.3. The quantitative estimate of drug-likeness (QED) is 0.278. The Labute approximate surface area is 257 Å². The molecule has 0 aliphatic heterocycles. The Hall–Kier alpha value is -3.13. The highest BCUT2D eigenvalue weighted by Gasteiger charge is 2.32. The monoisotopic (exact) mass is 565 g/mol. The van der Waals surface area contributed by atoms with Crippen molar-refractivity contribution < 1.29 is 4.79 Å². The Kier molecular flexibility index (Phi) is 11.0. The van der Waals surface area contributed by atoms with Gasteiger partial charge >= 0.3 is 0 Å². The molecular weight excluding hydrogens is 510 g/mol. The average Bonchev–Trinajstić information content (AvgIpc) is 2.87. The van der Waals surface area contributed by atoms with Crippen LogP contribution in [-0.2, 0) is 4.79 Å². The third-order valence-corrected chi connectivity index (χ3v) is 9.52. The number of hydrogen-bond donors (Lipinski definition) is 1. The maximum absolute atomic E-state index is 12.3. The number of nitrogens with two attached hydrogens (primary N) is 1. The molecule has 0 bridgehead atoms. The zero-order valence-electron chi connectivity index (χ0n) is 27.9. The summed E-state index contributed by atoms with van der Waals surface area (Å²) in [6, 6.07) is 0. The summed E-state index contributed by atoms with van der Waals surface area (Å²) in [7, 11) is 0. The van der Waals surface area contributed by atoms with E-state index in [2.05, 4.69) is 123 Å². The van der Waals surface area contributed by atoms with Gasteiger partial charge in [0.05, 0.1) is 0 Å². The molecule has 2 N–H and O–H groups in total. The van der Waals surface area contributed by atoms with Crippen molar-refractivity contribution in [1.82, 2.24) is 0 Å². The van der Waals surface area contributed by atoms with E-state index in [1.54, 1.807) is 0 Å². The van der Waals surface area contributed by atoms with E-state index in [-0.39, 0.29) is 16.7 Å². The molecule has 0 spiro atoms. The van der Waals surface area contributed by atoms with Crippen molar-refractivity contribution in [3.8, 4) is 0 Å². The van der Waals surface area contributed by atoms with Crippen LogP contribution < -0.4 is 5.73 Å². The summed E-state index contributed by atoms with van der Waals surface area (Å²) in [5.74, 6) is -0.361. The van der Waals surface area contributed by atoms with Crippen LogP contribution in [0.1, 0.15) is 107 Å². The van der Waals surface area contributed by atoms with E-state index in [1.807, 2.05) is 12.2 Å². The topological polar surface area (TPSA) is 43.1 Å². The van der Waals surface area contributed by atoms with Gasteiger partial charge in [0.15, 0.2) is 0 Å². The van der Waals surface area contributed by atoms with E-state index in [9.17, 15) is 4.79 Å². The highest BCUT2D eigenvalue weighted by molar-refractivity contribution is 5.94. The van der Waals surface area contributed by atoms with E-state index in [0.717, 1.165) is 6.42 Å². The molecule has 3 aliphatic rings. The van der Waals surface area contributed by atoms with Crippen LogP contribution in [0.3, 0.4) is 0 Å². The first-order valence-electron chi connectivity index (χ1n) is 15.8. The summed E-state index contributed by atoms with van der Waals surface area (Å²) in [6.45, 7) is 20.3. The fraction of sp³-hybridized carbons (Fsp3) is 0.475. The SMILES string of the molecule is CC1=C(/C=C/C(C)=C/C=C/C2=CC=C(C(N)=O)C(C)(/C=C/C=C(C)/C=C/C3=C(C)CCCC3(C)C)C2)C(C)(C)CCC1. The van der Waals surface area contributed by atoms with Gasteiger partial charge in [-0.2, -0.15) is 0 Å². The molecule has 1 amide bonds. The van der Waals surface area contributed by atoms with Crippen LogP contribution in [0.5, 0.6) is 0 Å². The maximum Gasteiger partial charge on any atom is 0.245 e. The minimum atomic E-state index is -0.458. The summed E-state index contributed by atoms with van der Waals surface area (Å²) in [5.41, 5.74) is 16.0. The van der Waals surface area contributed by atoms with Gasteiger partial charge in [-0.25, -0.2) is 0 Å². The molecule has 226 valence electrons. The first-order valence-corrected chi connectivity index (χ1v) is 15.8. The van der Waals surface area contributed by atoms with Gasteiger partial charge in [0.25, 0.3) is 0 Å². The van der Waals surface area contributed by atoms with E-state index < -0.39 is 5.41 Å². The fourth-order valence-electron chi connectivity index (χ4n) is 6.88. The second-order valence-electron chi connectivity index (χ2n) is 14.3. The molecule has 2 nitrogen and oxygen atoms in total. The third kappa shape index (κ3) is 8.69. The van der Waals surface area contributed by atoms with Crippen LogP contribution in [0.25, 0.3) is 0 Å². The van der Waals surface area contributed by atoms with Gasteiger partial charge in [0, 0.05) is 11.0 Å². The van der Waals surface area contributed by atoms with Gasteiger partial charge in [-0.05, 0) is 100 Å². The molecule has 0 fully saturated rings. The molecule has 3 rings (SSSR count). The van der Waals surface area contributed by atoms with Crippen LogP contribution in [-0.4, -0.2) is 5.91 Å². The molecule has 0 radical (unpaired) electrons. The number of rotatable bonds is 9. The molecule has 42 heavy (non-hydrogen) atoms. The predicted molar refractivity (Wildman–Crippen MR) is 183 cm³/mol. The summed E-state index contributed by atoms with van der Waals surface area (Å²) >= 11 is 0. The van der Waals surface area contributed by atoms with Crippen molar-refractivity contribution in [3.05, 3.63) is 117 Å². The zero-order valence-corrected chi connectivity index (χ0v) is 27.9. The van der Waals surface area contributed by atoms with Crippen molar-refractivity contribution in [1.29, 1.82) is 0 Å². The molecule has 2 heteroatoms. The average molecular weight is 566 g/mol. The number of allylic oxidation sites excluding steroid dienone is 19. The lowest BCUT2D eigenvalue weighted by molar-refractivity contribution is -0.115. The molecule has 3 aliphatic carbocycles. The van der Waals surface area contributed by atoms with E-state index in [4.69, 9.17) is 5.73 Å². The molecule has 1 unspecified atom stereocenters. The number of primary amides is 1. The van der Waals surface area contributed by atoms with Crippen LogP contribution >= 0.6 is 0 Å². The second-order valence-corrected chi connectivity index (χ2v) is 14.3. The molecule has 0 heterocycles. The van der Waals surface area contributed by atoms with Gasteiger partial charge in [0.2, 0.25) is 5.91 Å². The molecule has 0 aromatic rings. The van der Waals surface area contributed by atoms with E-state index in [1.165, 1.54) is 77.5 Å². The Morgan fingerprint density at radius 3 is 1.74 bits per heavy atom. The van der Waals surface area contributed by atoms with Crippen molar-refractivity contribution in [3.63, 3.8) is 0 Å². The van der Waals surface area contributed by atoms with Crippen molar-refractivity contribution in [2.24, 2.45) is 22.0 Å². The Bertz CT molecular complexity index is 1360. The van der Waals surface area contributed by atoms with Crippen molar-refractivity contribution in [2.75, 3.05) is 0 Å². The van der Waals surface area contributed by atoms with Crippen molar-refractivity contribution >= 4 is 5.91 Å². The van der Waals surface area contributed by atoms with Gasteiger partial charge in [-0.3, -0.25) is 4.79 Å². The summed E-state index contributed by atoms with van der Waals surface area (Å²) in [6.07, 6.45) is 33.9. The molecular formula is C40H55NO. The van der Waals surface area contributed by atoms with E-state index in [0.29, 0.717) is 5.57 Å². The van der Waals surface area contributed by atoms with Gasteiger partial charge in [-0.15, -0.1) is 0 Å². The lowest BCUT2D eigenvalue weighted by atomic mass is 9.72. The van der Waals surface area contributed by atoms with E-state index >= 15 is 0 Å². The van der Waals surface area contributed by atoms with Gasteiger partial charge in [0.1, 0.15) is 0 Å². The smallest absolute Gasteiger partial charge is 0.245 e. The lowest BCUT2D eigenvalue weighted by Crippen LogP contribution is -2.29. The largest absolute Gasteiger partial charge is 0.366 e. The Morgan fingerprint density at radius 1 is 0.762 bits per heavy atom. The summed E-state index contributed by atoms with van der Waals surface area (Å²) < 4.78 is 0. The van der Waals surface area contributed by atoms with Crippen LogP contribution in [0.15, 0.2) is 117 Å². The first kappa shape index (κ1) is 33.4. The van der Waals surface area contributed by atoms with Crippen LogP contribution in [0.2, 0.25) is 0 Å². The highest BCUT2D eigenvalue weighted by Crippen LogP contribution is 2.42. The zero-order chi connectivity index (χ0) is 31.1. The number of carbonyl (C=O) groups is 1. The van der Waals surface area contributed by atoms with Gasteiger partial charge < -0.3 is 5.73 Å². The van der Waals surface area contributed by atoms with Crippen molar-refractivity contribution in [2.45, 2.75) is 107 Å². The normalized spacial score (nSPS) is 25.7. The molecule has 1 atom stereocenters. The Balaban J connectivity index is 1.72. The predicted octanol–water partition coefficient (Wildman–Crippen LogP) is 10.9.